The number of nitrogens with zero attached hydrogens (tertiary/aromatic N) is 2. The third-order valence-electron chi connectivity index (χ3n) is 2.84. The van der Waals surface area contributed by atoms with Crippen LogP contribution in [0.1, 0.15) is 18.4 Å². The summed E-state index contributed by atoms with van der Waals surface area (Å²) in [6, 6.07) is 7.61. The molecule has 0 N–H and O–H groups in total. The molecule has 0 atom stereocenters. The number of hydrogen-bond acceptors (Lipinski definition) is 2. The normalized spacial score (nSPS) is 17.2. The number of nitriles is 1. The first-order valence-electron chi connectivity index (χ1n) is 5.29. The van der Waals surface area contributed by atoms with Gasteiger partial charge in [-0.3, -0.25) is 0 Å². The molecule has 4 heteroatoms. The van der Waals surface area contributed by atoms with Crippen molar-refractivity contribution in [3.8, 4) is 6.07 Å². The van der Waals surface area contributed by atoms with Crippen LogP contribution in [0.4, 0.5) is 10.1 Å². The lowest BCUT2D eigenvalue weighted by atomic mass is 10.1. The minimum atomic E-state index is -0.659. The van der Waals surface area contributed by atoms with Gasteiger partial charge in [-0.05, 0) is 47.0 Å². The van der Waals surface area contributed by atoms with Crippen molar-refractivity contribution in [1.29, 1.82) is 5.26 Å². The molecule has 1 saturated heterocycles. The Balaban J connectivity index is 2.18. The van der Waals surface area contributed by atoms with Crippen LogP contribution in [0.25, 0.3) is 0 Å². The van der Waals surface area contributed by atoms with E-state index in [0.29, 0.717) is 18.4 Å². The highest BCUT2D eigenvalue weighted by molar-refractivity contribution is 9.10. The number of halogens is 2. The van der Waals surface area contributed by atoms with E-state index in [2.05, 4.69) is 26.9 Å². The average Bonchev–Trinajstić information content (AvgIpc) is 2.30. The highest BCUT2D eigenvalue weighted by Gasteiger charge is 2.19. The Bertz CT molecular complexity index is 420. The van der Waals surface area contributed by atoms with Crippen LogP contribution in [-0.2, 0) is 0 Å². The maximum Gasteiger partial charge on any atom is 0.103 e. The lowest BCUT2D eigenvalue weighted by Gasteiger charge is -2.31. The van der Waals surface area contributed by atoms with E-state index in [-0.39, 0.29) is 0 Å². The fourth-order valence-electron chi connectivity index (χ4n) is 1.92. The number of piperidine rings is 1. The van der Waals surface area contributed by atoms with Gasteiger partial charge >= 0.3 is 0 Å². The third-order valence-corrected chi connectivity index (χ3v) is 3.48. The van der Waals surface area contributed by atoms with Gasteiger partial charge < -0.3 is 4.90 Å². The Morgan fingerprint density at radius 1 is 1.38 bits per heavy atom. The Labute approximate surface area is 103 Å². The Kier molecular flexibility index (Phi) is 3.45. The molecule has 0 bridgehead atoms. The molecule has 0 spiro atoms. The molecule has 16 heavy (non-hydrogen) atoms. The fraction of sp³-hybridized carbons (Fsp3) is 0.417. The zero-order valence-corrected chi connectivity index (χ0v) is 10.4. The largest absolute Gasteiger partial charge is 0.370 e. The lowest BCUT2D eigenvalue weighted by Crippen LogP contribution is -2.34. The maximum atomic E-state index is 13.0. The van der Waals surface area contributed by atoms with Crippen LogP contribution in [0.2, 0.25) is 0 Å². The summed E-state index contributed by atoms with van der Waals surface area (Å²) < 4.78 is 13.9. The summed E-state index contributed by atoms with van der Waals surface area (Å²) in [7, 11) is 0. The van der Waals surface area contributed by atoms with Gasteiger partial charge in [0, 0.05) is 17.6 Å². The average molecular weight is 283 g/mol. The summed E-state index contributed by atoms with van der Waals surface area (Å²) in [5.41, 5.74) is 1.68. The van der Waals surface area contributed by atoms with Crippen LogP contribution in [0.3, 0.4) is 0 Å². The monoisotopic (exact) mass is 282 g/mol. The first-order valence-corrected chi connectivity index (χ1v) is 6.08. The highest BCUT2D eigenvalue weighted by atomic mass is 79.9. The van der Waals surface area contributed by atoms with E-state index in [1.54, 1.807) is 12.1 Å². The first kappa shape index (κ1) is 11.4. The van der Waals surface area contributed by atoms with Crippen molar-refractivity contribution < 1.29 is 4.39 Å². The second kappa shape index (κ2) is 4.84. The second-order valence-corrected chi connectivity index (χ2v) is 4.79. The van der Waals surface area contributed by atoms with Gasteiger partial charge in [0.2, 0.25) is 0 Å². The van der Waals surface area contributed by atoms with E-state index < -0.39 is 6.17 Å². The van der Waals surface area contributed by atoms with Crippen LogP contribution < -0.4 is 4.90 Å². The molecule has 0 saturated carbocycles. The van der Waals surface area contributed by atoms with Crippen LogP contribution in [-0.4, -0.2) is 19.3 Å². The second-order valence-electron chi connectivity index (χ2n) is 3.94. The van der Waals surface area contributed by atoms with Crippen LogP contribution in [0.5, 0.6) is 0 Å². The minimum Gasteiger partial charge on any atom is -0.370 e. The van der Waals surface area contributed by atoms with Crippen molar-refractivity contribution in [2.24, 2.45) is 0 Å². The molecule has 1 aromatic rings. The summed E-state index contributed by atoms with van der Waals surface area (Å²) in [5.74, 6) is 0. The molecule has 2 rings (SSSR count). The standard InChI is InChI=1S/C12H12BrFN2/c13-11-7-9(8-15)1-2-12(11)16-5-3-10(14)4-6-16/h1-2,7,10H,3-6H2. The summed E-state index contributed by atoms with van der Waals surface area (Å²) in [4.78, 5) is 2.15. The molecule has 1 heterocycles. The van der Waals surface area contributed by atoms with E-state index in [0.717, 1.165) is 23.2 Å². The molecule has 84 valence electrons. The third kappa shape index (κ3) is 2.35. The van der Waals surface area contributed by atoms with E-state index in [4.69, 9.17) is 5.26 Å². The Morgan fingerprint density at radius 2 is 2.06 bits per heavy atom. The van der Waals surface area contributed by atoms with Crippen molar-refractivity contribution in [2.45, 2.75) is 19.0 Å². The molecule has 1 aliphatic rings. The van der Waals surface area contributed by atoms with Crippen molar-refractivity contribution in [2.75, 3.05) is 18.0 Å². The zero-order chi connectivity index (χ0) is 11.5. The van der Waals surface area contributed by atoms with Crippen LogP contribution in [0, 0.1) is 11.3 Å². The topological polar surface area (TPSA) is 27.0 Å². The van der Waals surface area contributed by atoms with Crippen molar-refractivity contribution in [3.63, 3.8) is 0 Å². The van der Waals surface area contributed by atoms with E-state index in [9.17, 15) is 4.39 Å². The molecule has 0 amide bonds. The molecular formula is C12H12BrFN2. The molecule has 0 unspecified atom stereocenters. The fourth-order valence-corrected chi connectivity index (χ4v) is 2.55. The van der Waals surface area contributed by atoms with Crippen LogP contribution >= 0.6 is 15.9 Å². The Hall–Kier alpha value is -1.08. The van der Waals surface area contributed by atoms with Gasteiger partial charge in [-0.25, -0.2) is 4.39 Å². The molecule has 0 radical (unpaired) electrons. The van der Waals surface area contributed by atoms with Gasteiger partial charge in [0.05, 0.1) is 17.3 Å². The molecule has 0 aromatic heterocycles. The number of hydrogen-bond donors (Lipinski definition) is 0. The summed E-state index contributed by atoms with van der Waals surface area (Å²) in [6.45, 7) is 1.48. The quantitative estimate of drug-likeness (QED) is 0.791. The summed E-state index contributed by atoms with van der Waals surface area (Å²) in [6.07, 6.45) is 0.521. The predicted molar refractivity (Wildman–Crippen MR) is 65.2 cm³/mol. The number of benzene rings is 1. The molecular weight excluding hydrogens is 271 g/mol. The number of rotatable bonds is 1. The molecule has 0 aliphatic carbocycles. The van der Waals surface area contributed by atoms with Gasteiger partial charge in [0.15, 0.2) is 0 Å². The van der Waals surface area contributed by atoms with Crippen molar-refractivity contribution in [1.82, 2.24) is 0 Å². The van der Waals surface area contributed by atoms with Gasteiger partial charge in [0.25, 0.3) is 0 Å². The van der Waals surface area contributed by atoms with Gasteiger partial charge in [-0.2, -0.15) is 5.26 Å². The SMILES string of the molecule is N#Cc1ccc(N2CCC(F)CC2)c(Br)c1. The van der Waals surface area contributed by atoms with Crippen molar-refractivity contribution in [3.05, 3.63) is 28.2 Å². The van der Waals surface area contributed by atoms with Crippen LogP contribution in [0.15, 0.2) is 22.7 Å². The maximum absolute atomic E-state index is 13.0. The minimum absolute atomic E-state index is 0.590. The van der Waals surface area contributed by atoms with Gasteiger partial charge in [-0.15, -0.1) is 0 Å². The van der Waals surface area contributed by atoms with E-state index in [1.165, 1.54) is 0 Å². The molecule has 1 aromatic carbocycles. The summed E-state index contributed by atoms with van der Waals surface area (Å²) in [5, 5.41) is 8.76. The highest BCUT2D eigenvalue weighted by Crippen LogP contribution is 2.29. The first-order chi connectivity index (χ1) is 7.70. The molecule has 1 aliphatic heterocycles. The van der Waals surface area contributed by atoms with Gasteiger partial charge in [-0.1, -0.05) is 0 Å². The Morgan fingerprint density at radius 3 is 2.62 bits per heavy atom. The predicted octanol–water partition coefficient (Wildman–Crippen LogP) is 3.26. The van der Waals surface area contributed by atoms with Gasteiger partial charge in [0.1, 0.15) is 6.17 Å². The van der Waals surface area contributed by atoms with E-state index in [1.807, 2.05) is 6.07 Å². The lowest BCUT2D eigenvalue weighted by molar-refractivity contribution is 0.277. The number of alkyl halides is 1. The zero-order valence-electron chi connectivity index (χ0n) is 8.79. The smallest absolute Gasteiger partial charge is 0.103 e. The summed E-state index contributed by atoms with van der Waals surface area (Å²) >= 11 is 3.45. The van der Waals surface area contributed by atoms with Crippen molar-refractivity contribution >= 4 is 21.6 Å². The molecule has 2 nitrogen and oxygen atoms in total. The molecule has 1 fully saturated rings. The number of anilines is 1. The van der Waals surface area contributed by atoms with E-state index >= 15 is 0 Å².